The molecule has 0 bridgehead atoms. The van der Waals surface area contributed by atoms with Crippen LogP contribution in [-0.2, 0) is 22.3 Å². The molecule has 0 amide bonds. The Kier molecular flexibility index (Phi) is 5.45. The Morgan fingerprint density at radius 2 is 1.46 bits per heavy atom. The van der Waals surface area contributed by atoms with Gasteiger partial charge in [-0.1, -0.05) is 42.5 Å². The van der Waals surface area contributed by atoms with E-state index in [9.17, 15) is 8.42 Å². The summed E-state index contributed by atoms with van der Waals surface area (Å²) in [5.74, 6) is 1.01. The fourth-order valence-electron chi connectivity index (χ4n) is 4.44. The van der Waals surface area contributed by atoms with Crippen LogP contribution in [0.2, 0.25) is 0 Å². The monoisotopic (exact) mass is 399 g/mol. The molecule has 2 atom stereocenters. The van der Waals surface area contributed by atoms with E-state index >= 15 is 0 Å². The highest BCUT2D eigenvalue weighted by molar-refractivity contribution is 7.88. The van der Waals surface area contributed by atoms with Crippen molar-refractivity contribution in [3.63, 3.8) is 0 Å². The third-order valence-corrected chi connectivity index (χ3v) is 7.76. The number of hydrogen-bond donors (Lipinski definition) is 0. The largest absolute Gasteiger partial charge is 0.378 e. The van der Waals surface area contributed by atoms with E-state index in [0.29, 0.717) is 24.9 Å². The Bertz CT molecular complexity index is 883. The van der Waals surface area contributed by atoms with E-state index in [4.69, 9.17) is 0 Å². The lowest BCUT2D eigenvalue weighted by Gasteiger charge is -2.22. The zero-order valence-electron chi connectivity index (χ0n) is 16.7. The summed E-state index contributed by atoms with van der Waals surface area (Å²) >= 11 is 0. The zero-order chi connectivity index (χ0) is 19.7. The second-order valence-corrected chi connectivity index (χ2v) is 10.3. The zero-order valence-corrected chi connectivity index (χ0v) is 17.5. The van der Waals surface area contributed by atoms with Gasteiger partial charge in [-0.15, -0.1) is 0 Å². The van der Waals surface area contributed by atoms with Crippen molar-refractivity contribution in [2.24, 2.45) is 11.8 Å². The summed E-state index contributed by atoms with van der Waals surface area (Å²) in [6.45, 7) is 4.23. The predicted octanol–water partition coefficient (Wildman–Crippen LogP) is 2.65. The first kappa shape index (κ1) is 19.4. The summed E-state index contributed by atoms with van der Waals surface area (Å²) in [5.41, 5.74) is 3.39. The molecule has 2 aliphatic heterocycles. The highest BCUT2D eigenvalue weighted by Crippen LogP contribution is 2.34. The smallest absolute Gasteiger partial charge is 0.218 e. The van der Waals surface area contributed by atoms with Crippen LogP contribution in [0.1, 0.15) is 11.1 Å². The molecule has 2 aromatic carbocycles. The molecule has 2 aromatic rings. The van der Waals surface area contributed by atoms with E-state index < -0.39 is 10.0 Å². The summed E-state index contributed by atoms with van der Waals surface area (Å²) in [5, 5.41) is 0. The maximum atomic E-state index is 12.8. The highest BCUT2D eigenvalue weighted by Gasteiger charge is 2.43. The molecule has 150 valence electrons. The van der Waals surface area contributed by atoms with Gasteiger partial charge in [0.2, 0.25) is 10.0 Å². The number of fused-ring (bicyclic) bond motifs is 1. The third-order valence-electron chi connectivity index (χ3n) is 5.97. The molecule has 0 aliphatic carbocycles. The van der Waals surface area contributed by atoms with E-state index in [2.05, 4.69) is 34.1 Å². The topological polar surface area (TPSA) is 43.9 Å². The van der Waals surface area contributed by atoms with Crippen LogP contribution in [0.15, 0.2) is 54.6 Å². The van der Waals surface area contributed by atoms with Gasteiger partial charge in [-0.3, -0.25) is 4.90 Å². The van der Waals surface area contributed by atoms with Crippen LogP contribution in [0.25, 0.3) is 0 Å². The number of nitrogens with zero attached hydrogens (tertiary/aromatic N) is 3. The van der Waals surface area contributed by atoms with E-state index in [1.54, 1.807) is 4.31 Å². The van der Waals surface area contributed by atoms with Gasteiger partial charge in [-0.05, 0) is 35.1 Å². The van der Waals surface area contributed by atoms with Crippen LogP contribution in [0.5, 0.6) is 0 Å². The SMILES string of the molecule is CN(C)c1ccc(CN2C[C@@H]3CN(S(=O)(=O)Cc4ccccc4)C[C@@H]3C2)cc1. The fourth-order valence-corrected chi connectivity index (χ4v) is 6.07. The van der Waals surface area contributed by atoms with E-state index in [1.165, 1.54) is 11.3 Å². The molecular weight excluding hydrogens is 370 g/mol. The lowest BCUT2D eigenvalue weighted by atomic mass is 10.0. The van der Waals surface area contributed by atoms with Crippen molar-refractivity contribution < 1.29 is 8.42 Å². The van der Waals surface area contributed by atoms with Crippen LogP contribution in [-0.4, -0.2) is 57.9 Å². The van der Waals surface area contributed by atoms with Gasteiger partial charge in [-0.2, -0.15) is 0 Å². The summed E-state index contributed by atoms with van der Waals surface area (Å²) < 4.78 is 27.3. The van der Waals surface area contributed by atoms with Crippen molar-refractivity contribution in [3.8, 4) is 0 Å². The Morgan fingerprint density at radius 1 is 0.857 bits per heavy atom. The summed E-state index contributed by atoms with van der Waals surface area (Å²) in [7, 11) is 0.866. The Balaban J connectivity index is 1.33. The summed E-state index contributed by atoms with van der Waals surface area (Å²) in [6.07, 6.45) is 0. The maximum absolute atomic E-state index is 12.8. The van der Waals surface area contributed by atoms with Crippen molar-refractivity contribution in [1.82, 2.24) is 9.21 Å². The molecule has 2 heterocycles. The number of anilines is 1. The van der Waals surface area contributed by atoms with E-state index in [-0.39, 0.29) is 5.75 Å². The fraction of sp³-hybridized carbons (Fsp3) is 0.455. The third kappa shape index (κ3) is 4.24. The quantitative estimate of drug-likeness (QED) is 0.749. The van der Waals surface area contributed by atoms with Gasteiger partial charge in [0, 0.05) is 52.5 Å². The second kappa shape index (κ2) is 7.85. The van der Waals surface area contributed by atoms with Crippen molar-refractivity contribution in [1.29, 1.82) is 0 Å². The molecule has 2 saturated heterocycles. The lowest BCUT2D eigenvalue weighted by molar-refractivity contribution is 0.289. The number of hydrogen-bond acceptors (Lipinski definition) is 4. The Hall–Kier alpha value is -1.89. The number of benzene rings is 2. The maximum Gasteiger partial charge on any atom is 0.218 e. The summed E-state index contributed by atoms with van der Waals surface area (Å²) in [6, 6.07) is 18.2. The standard InChI is InChI=1S/C22H29N3O2S/c1-23(2)22-10-8-18(9-11-22)12-24-13-20-15-25(16-21(20)14-24)28(26,27)17-19-6-4-3-5-7-19/h3-11,20-21H,12-17H2,1-2H3/t20-,21+. The molecule has 4 rings (SSSR count). The molecule has 28 heavy (non-hydrogen) atoms. The molecule has 0 N–H and O–H groups in total. The number of likely N-dealkylation sites (tertiary alicyclic amines) is 1. The second-order valence-electron chi connectivity index (χ2n) is 8.33. The van der Waals surface area contributed by atoms with Crippen LogP contribution < -0.4 is 4.90 Å². The number of sulfonamides is 1. The normalized spacial score (nSPS) is 23.1. The van der Waals surface area contributed by atoms with E-state index in [1.807, 2.05) is 44.4 Å². The molecular formula is C22H29N3O2S. The first-order valence-electron chi connectivity index (χ1n) is 9.91. The van der Waals surface area contributed by atoms with Crippen molar-refractivity contribution in [2.45, 2.75) is 12.3 Å². The molecule has 0 radical (unpaired) electrons. The van der Waals surface area contributed by atoms with Crippen LogP contribution >= 0.6 is 0 Å². The minimum absolute atomic E-state index is 0.106. The van der Waals surface area contributed by atoms with E-state index in [0.717, 1.165) is 25.2 Å². The van der Waals surface area contributed by atoms with Gasteiger partial charge in [0.1, 0.15) is 0 Å². The highest BCUT2D eigenvalue weighted by atomic mass is 32.2. The molecule has 2 fully saturated rings. The lowest BCUT2D eigenvalue weighted by Crippen LogP contribution is -2.34. The van der Waals surface area contributed by atoms with Crippen LogP contribution in [0.4, 0.5) is 5.69 Å². The van der Waals surface area contributed by atoms with Crippen molar-refractivity contribution >= 4 is 15.7 Å². The van der Waals surface area contributed by atoms with Crippen LogP contribution in [0.3, 0.4) is 0 Å². The predicted molar refractivity (Wildman–Crippen MR) is 114 cm³/mol. The van der Waals surface area contributed by atoms with Crippen molar-refractivity contribution in [2.75, 3.05) is 45.2 Å². The van der Waals surface area contributed by atoms with Gasteiger partial charge >= 0.3 is 0 Å². The molecule has 0 saturated carbocycles. The minimum atomic E-state index is -3.23. The molecule has 0 spiro atoms. The Labute approximate surface area is 168 Å². The first-order chi connectivity index (χ1) is 13.4. The average Bonchev–Trinajstić information content (AvgIpc) is 3.22. The van der Waals surface area contributed by atoms with Crippen LogP contribution in [0, 0.1) is 11.8 Å². The minimum Gasteiger partial charge on any atom is -0.378 e. The molecule has 0 unspecified atom stereocenters. The number of rotatable bonds is 6. The van der Waals surface area contributed by atoms with Crippen molar-refractivity contribution in [3.05, 3.63) is 65.7 Å². The molecule has 2 aliphatic rings. The first-order valence-corrected chi connectivity index (χ1v) is 11.5. The summed E-state index contributed by atoms with van der Waals surface area (Å²) in [4.78, 5) is 4.58. The van der Waals surface area contributed by atoms with Gasteiger partial charge in [-0.25, -0.2) is 12.7 Å². The molecule has 6 heteroatoms. The van der Waals surface area contributed by atoms with Gasteiger partial charge in [0.05, 0.1) is 5.75 Å². The van der Waals surface area contributed by atoms with Gasteiger partial charge < -0.3 is 4.90 Å². The van der Waals surface area contributed by atoms with Gasteiger partial charge in [0.15, 0.2) is 0 Å². The Morgan fingerprint density at radius 3 is 2.04 bits per heavy atom. The molecule has 0 aromatic heterocycles. The average molecular weight is 400 g/mol. The molecule has 5 nitrogen and oxygen atoms in total. The van der Waals surface area contributed by atoms with Gasteiger partial charge in [0.25, 0.3) is 0 Å².